The third-order valence-corrected chi connectivity index (χ3v) is 7.18. The summed E-state index contributed by atoms with van der Waals surface area (Å²) in [5.41, 5.74) is 3.32. The number of rotatable bonds is 15. The van der Waals surface area contributed by atoms with Gasteiger partial charge >= 0.3 is 12.2 Å². The summed E-state index contributed by atoms with van der Waals surface area (Å²) in [6, 6.07) is 29.9. The highest BCUT2D eigenvalue weighted by Crippen LogP contribution is 2.33. The number of nitrogens with zero attached hydrogens (tertiary/aromatic N) is 1. The first kappa shape index (κ1) is 32.8. The Morgan fingerprint density at radius 1 is 0.756 bits per heavy atom. The van der Waals surface area contributed by atoms with Crippen molar-refractivity contribution in [2.45, 2.75) is 38.1 Å². The number of aliphatic hydroxyl groups excluding tert-OH is 2. The van der Waals surface area contributed by atoms with E-state index in [0.29, 0.717) is 30.1 Å². The van der Waals surface area contributed by atoms with Crippen LogP contribution >= 0.6 is 0 Å². The van der Waals surface area contributed by atoms with Crippen molar-refractivity contribution in [1.29, 1.82) is 0 Å². The van der Waals surface area contributed by atoms with E-state index in [-0.39, 0.29) is 26.4 Å². The summed E-state index contributed by atoms with van der Waals surface area (Å²) in [5.74, 6) is 1.46. The van der Waals surface area contributed by atoms with Crippen LogP contribution in [0.1, 0.15) is 22.3 Å². The Labute approximate surface area is 262 Å². The number of carbonyl (C=O) groups excluding carboxylic acids is 1. The minimum Gasteiger partial charge on any atom is -0.493 e. The number of carbonyl (C=O) groups is 2. The molecule has 2 atom stereocenters. The van der Waals surface area contributed by atoms with Crippen molar-refractivity contribution in [3.05, 3.63) is 125 Å². The molecule has 0 spiro atoms. The molecule has 0 bridgehead atoms. The zero-order valence-electron chi connectivity index (χ0n) is 25.0. The van der Waals surface area contributed by atoms with Gasteiger partial charge in [0, 0.05) is 6.54 Å². The van der Waals surface area contributed by atoms with E-state index < -0.39 is 24.3 Å². The van der Waals surface area contributed by atoms with Gasteiger partial charge in [-0.15, -0.1) is 0 Å². The summed E-state index contributed by atoms with van der Waals surface area (Å²) in [5, 5.41) is 32.4. The van der Waals surface area contributed by atoms with Crippen molar-refractivity contribution in [2.24, 2.45) is 0 Å². The Hall–Kier alpha value is -5.06. The zero-order valence-corrected chi connectivity index (χ0v) is 25.0. The monoisotopic (exact) mass is 614 g/mol. The van der Waals surface area contributed by atoms with Crippen molar-refractivity contribution in [2.75, 3.05) is 20.3 Å². The maximum absolute atomic E-state index is 12.3. The Kier molecular flexibility index (Phi) is 12.2. The molecule has 10 heteroatoms. The Balaban J connectivity index is 1.38. The van der Waals surface area contributed by atoms with Gasteiger partial charge in [-0.2, -0.15) is 0 Å². The first-order valence-electron chi connectivity index (χ1n) is 14.5. The van der Waals surface area contributed by atoms with Crippen molar-refractivity contribution in [3.63, 3.8) is 0 Å². The van der Waals surface area contributed by atoms with Gasteiger partial charge in [-0.1, -0.05) is 78.9 Å². The molecule has 4 N–H and O–H groups in total. The maximum Gasteiger partial charge on any atom is 0.407 e. The van der Waals surface area contributed by atoms with Crippen LogP contribution in [-0.2, 0) is 30.7 Å². The molecule has 4 rings (SSSR count). The van der Waals surface area contributed by atoms with Crippen molar-refractivity contribution >= 4 is 12.2 Å². The highest BCUT2D eigenvalue weighted by molar-refractivity contribution is 5.67. The molecule has 45 heavy (non-hydrogen) atoms. The van der Waals surface area contributed by atoms with Crippen molar-refractivity contribution in [3.8, 4) is 17.2 Å². The topological polar surface area (TPSA) is 138 Å². The zero-order chi connectivity index (χ0) is 32.0. The highest BCUT2D eigenvalue weighted by atomic mass is 16.5. The van der Waals surface area contributed by atoms with E-state index in [1.54, 1.807) is 24.3 Å². The summed E-state index contributed by atoms with van der Waals surface area (Å²) in [6.07, 6.45) is -1.09. The molecule has 2 amide bonds. The van der Waals surface area contributed by atoms with E-state index in [0.717, 1.165) is 22.3 Å². The van der Waals surface area contributed by atoms with Crippen LogP contribution in [0, 0.1) is 0 Å². The molecule has 0 saturated heterocycles. The Bertz CT molecular complexity index is 1500. The third-order valence-electron chi connectivity index (χ3n) is 7.18. The molecule has 0 saturated carbocycles. The van der Waals surface area contributed by atoms with Gasteiger partial charge in [0.05, 0.1) is 32.4 Å². The molecule has 2 unspecified atom stereocenters. The van der Waals surface area contributed by atoms with Gasteiger partial charge < -0.3 is 34.8 Å². The predicted octanol–water partition coefficient (Wildman–Crippen LogP) is 5.40. The number of alkyl carbamates (subject to hydrolysis) is 1. The van der Waals surface area contributed by atoms with Crippen LogP contribution in [0.2, 0.25) is 0 Å². The van der Waals surface area contributed by atoms with Gasteiger partial charge in [0.1, 0.15) is 12.4 Å². The maximum atomic E-state index is 12.3. The molecular weight excluding hydrogens is 576 g/mol. The lowest BCUT2D eigenvalue weighted by Crippen LogP contribution is -2.42. The fourth-order valence-electron chi connectivity index (χ4n) is 4.80. The van der Waals surface area contributed by atoms with Crippen LogP contribution in [-0.4, -0.2) is 64.8 Å². The number of aliphatic hydroxyl groups is 2. The van der Waals surface area contributed by atoms with Crippen molar-refractivity contribution < 1.29 is 39.1 Å². The summed E-state index contributed by atoms with van der Waals surface area (Å²) < 4.78 is 16.9. The van der Waals surface area contributed by atoms with Crippen molar-refractivity contribution in [1.82, 2.24) is 10.2 Å². The van der Waals surface area contributed by atoms with Crippen LogP contribution in [0.3, 0.4) is 0 Å². The first-order valence-corrected chi connectivity index (χ1v) is 14.5. The third kappa shape index (κ3) is 9.99. The van der Waals surface area contributed by atoms with Crippen LogP contribution < -0.4 is 14.8 Å². The van der Waals surface area contributed by atoms with Gasteiger partial charge in [0.15, 0.2) is 11.5 Å². The molecule has 0 radical (unpaired) electrons. The smallest absolute Gasteiger partial charge is 0.407 e. The Morgan fingerprint density at radius 3 is 2.00 bits per heavy atom. The molecule has 236 valence electrons. The lowest BCUT2D eigenvalue weighted by Gasteiger charge is -2.28. The fourth-order valence-corrected chi connectivity index (χ4v) is 4.80. The van der Waals surface area contributed by atoms with E-state index in [9.17, 15) is 24.9 Å². The molecule has 4 aromatic carbocycles. The summed E-state index contributed by atoms with van der Waals surface area (Å²) >= 11 is 0. The van der Waals surface area contributed by atoms with E-state index >= 15 is 0 Å². The molecule has 10 nitrogen and oxygen atoms in total. The van der Waals surface area contributed by atoms with Gasteiger partial charge in [-0.3, -0.25) is 4.90 Å². The number of hydrogen-bond acceptors (Lipinski definition) is 7. The first-order chi connectivity index (χ1) is 21.9. The van der Waals surface area contributed by atoms with E-state index in [4.69, 9.17) is 14.2 Å². The summed E-state index contributed by atoms with van der Waals surface area (Å²) in [6.45, 7) is -0.323. The lowest BCUT2D eigenvalue weighted by molar-refractivity contribution is 0.0931. The molecule has 0 aromatic heterocycles. The number of methoxy groups -OCH3 is 1. The molecule has 0 aliphatic carbocycles. The number of nitrogens with one attached hydrogen (secondary N) is 1. The molecular formula is C35H38N2O8. The normalized spacial score (nSPS) is 12.1. The highest BCUT2D eigenvalue weighted by Gasteiger charge is 2.23. The van der Waals surface area contributed by atoms with Gasteiger partial charge in [0.25, 0.3) is 0 Å². The average molecular weight is 615 g/mol. The largest absolute Gasteiger partial charge is 0.493 e. The fraction of sp³-hybridized carbons (Fsp3) is 0.257. The molecule has 4 aromatic rings. The number of hydrogen-bond donors (Lipinski definition) is 4. The van der Waals surface area contributed by atoms with E-state index in [2.05, 4.69) is 5.32 Å². The second-order valence-corrected chi connectivity index (χ2v) is 10.5. The number of ether oxygens (including phenoxy) is 3. The van der Waals surface area contributed by atoms with E-state index in [1.807, 2.05) is 78.9 Å². The van der Waals surface area contributed by atoms with Gasteiger partial charge in [0.2, 0.25) is 0 Å². The summed E-state index contributed by atoms with van der Waals surface area (Å²) in [4.78, 5) is 25.6. The SMILES string of the molecule is COc1ccc(CC(CO)NC(=O)OCc2ccccc2)cc1Oc1ccc(CC(CO)N(Cc2ccccc2)C(=O)O)cc1. The number of amides is 2. The van der Waals surface area contributed by atoms with Crippen LogP contribution in [0.15, 0.2) is 103 Å². The molecule has 0 aliphatic rings. The second kappa shape index (κ2) is 16.7. The number of carboxylic acid groups (broad SMARTS) is 1. The minimum atomic E-state index is -1.10. The summed E-state index contributed by atoms with van der Waals surface area (Å²) in [7, 11) is 1.53. The average Bonchev–Trinajstić information content (AvgIpc) is 3.06. The quantitative estimate of drug-likeness (QED) is 0.140. The second-order valence-electron chi connectivity index (χ2n) is 10.5. The van der Waals surface area contributed by atoms with Gasteiger partial charge in [-0.05, 0) is 59.4 Å². The number of benzene rings is 4. The molecule has 0 heterocycles. The lowest BCUT2D eigenvalue weighted by atomic mass is 10.0. The van der Waals surface area contributed by atoms with Crippen LogP contribution in [0.4, 0.5) is 9.59 Å². The molecule has 0 fully saturated rings. The molecule has 0 aliphatic heterocycles. The van der Waals surface area contributed by atoms with Crippen LogP contribution in [0.5, 0.6) is 17.2 Å². The standard InChI is InChI=1S/C35H38N2O8/c1-43-32-17-14-28(18-29(22-38)36-34(40)44-24-27-10-6-3-7-11-27)20-33(32)45-31-15-12-25(13-16-31)19-30(23-39)37(35(41)42)21-26-8-4-2-5-9-26/h2-17,20,29-30,38-39H,18-19,21-24H2,1H3,(H,36,40)(H,41,42). The van der Waals surface area contributed by atoms with Crippen LogP contribution in [0.25, 0.3) is 0 Å². The minimum absolute atomic E-state index is 0.121. The Morgan fingerprint density at radius 2 is 1.40 bits per heavy atom. The predicted molar refractivity (Wildman–Crippen MR) is 168 cm³/mol. The van der Waals surface area contributed by atoms with E-state index in [1.165, 1.54) is 12.0 Å². The van der Waals surface area contributed by atoms with Gasteiger partial charge in [-0.25, -0.2) is 9.59 Å².